The van der Waals surface area contributed by atoms with E-state index in [1.54, 1.807) is 6.20 Å². The third kappa shape index (κ3) is 3.78. The molecule has 4 nitrogen and oxygen atoms in total. The van der Waals surface area contributed by atoms with E-state index in [9.17, 15) is 0 Å². The zero-order valence-corrected chi connectivity index (χ0v) is 11.3. The quantitative estimate of drug-likeness (QED) is 0.854. The molecule has 0 saturated heterocycles. The van der Waals surface area contributed by atoms with Crippen LogP contribution in [-0.4, -0.2) is 21.0 Å². The lowest BCUT2D eigenvalue weighted by Gasteiger charge is -2.05. The van der Waals surface area contributed by atoms with Crippen molar-refractivity contribution in [2.45, 2.75) is 36.5 Å². The molecule has 2 N–H and O–H groups in total. The van der Waals surface area contributed by atoms with Crippen molar-refractivity contribution in [3.8, 4) is 0 Å². The molecule has 0 saturated carbocycles. The van der Waals surface area contributed by atoms with Gasteiger partial charge in [0.15, 0.2) is 5.16 Å². The lowest BCUT2D eigenvalue weighted by Crippen LogP contribution is -2.17. The maximum Gasteiger partial charge on any atom is 0.194 e. The molecule has 0 spiro atoms. The van der Waals surface area contributed by atoms with Crippen molar-refractivity contribution in [3.05, 3.63) is 41.9 Å². The molecule has 2 heterocycles. The van der Waals surface area contributed by atoms with Crippen LogP contribution in [0.15, 0.2) is 40.8 Å². The Kier molecular flexibility index (Phi) is 4.28. The van der Waals surface area contributed by atoms with E-state index in [1.165, 1.54) is 11.8 Å². The molecule has 1 atom stereocenters. The van der Waals surface area contributed by atoms with Gasteiger partial charge in [-0.15, -0.1) is 0 Å². The highest BCUT2D eigenvalue weighted by Gasteiger charge is 2.03. The van der Waals surface area contributed by atoms with Crippen LogP contribution in [0.3, 0.4) is 0 Å². The topological polar surface area (TPSA) is 64.7 Å². The van der Waals surface area contributed by atoms with Crippen molar-refractivity contribution in [1.82, 2.24) is 15.0 Å². The number of aromatic nitrogens is 3. The van der Waals surface area contributed by atoms with Crippen LogP contribution in [0, 0.1) is 6.92 Å². The predicted octanol–water partition coefficient (Wildman–Crippen LogP) is 2.22. The minimum Gasteiger partial charge on any atom is -0.328 e. The largest absolute Gasteiger partial charge is 0.328 e. The van der Waals surface area contributed by atoms with Gasteiger partial charge in [-0.1, -0.05) is 6.07 Å². The average Bonchev–Trinajstić information content (AvgIpc) is 2.31. The first-order valence-corrected chi connectivity index (χ1v) is 6.63. The first-order chi connectivity index (χ1) is 8.63. The second kappa shape index (κ2) is 5.93. The number of hydrogen-bond donors (Lipinski definition) is 1. The van der Waals surface area contributed by atoms with E-state index < -0.39 is 0 Å². The first-order valence-electron chi connectivity index (χ1n) is 5.81. The lowest BCUT2D eigenvalue weighted by molar-refractivity contribution is 0.734. The Labute approximate surface area is 111 Å². The highest BCUT2D eigenvalue weighted by atomic mass is 32.2. The summed E-state index contributed by atoms with van der Waals surface area (Å²) in [6.07, 6.45) is 4.47. The van der Waals surface area contributed by atoms with Gasteiger partial charge in [0.1, 0.15) is 5.03 Å². The standard InChI is InChI=1S/C13H16N4S/c1-9(14)7-11-3-4-12(16-8-11)18-13-15-6-5-10(2)17-13/h3-6,8-9H,7,14H2,1-2H3. The van der Waals surface area contributed by atoms with E-state index in [2.05, 4.69) is 21.0 Å². The Bertz CT molecular complexity index is 511. The molecule has 5 heteroatoms. The summed E-state index contributed by atoms with van der Waals surface area (Å²) in [6.45, 7) is 3.94. The van der Waals surface area contributed by atoms with Crippen molar-refractivity contribution in [3.63, 3.8) is 0 Å². The smallest absolute Gasteiger partial charge is 0.194 e. The van der Waals surface area contributed by atoms with Crippen LogP contribution in [0.5, 0.6) is 0 Å². The molecule has 0 amide bonds. The summed E-state index contributed by atoms with van der Waals surface area (Å²) in [5.74, 6) is 0. The predicted molar refractivity (Wildman–Crippen MR) is 72.5 cm³/mol. The average molecular weight is 260 g/mol. The summed E-state index contributed by atoms with van der Waals surface area (Å²) in [5.41, 5.74) is 7.86. The van der Waals surface area contributed by atoms with Crippen molar-refractivity contribution in [1.29, 1.82) is 0 Å². The molecule has 0 fully saturated rings. The van der Waals surface area contributed by atoms with Crippen LogP contribution in [-0.2, 0) is 6.42 Å². The van der Waals surface area contributed by atoms with Crippen LogP contribution in [0.1, 0.15) is 18.2 Å². The van der Waals surface area contributed by atoms with Gasteiger partial charge in [0.05, 0.1) is 0 Å². The molecule has 18 heavy (non-hydrogen) atoms. The van der Waals surface area contributed by atoms with E-state index in [-0.39, 0.29) is 6.04 Å². The SMILES string of the molecule is Cc1ccnc(Sc2ccc(CC(C)N)cn2)n1. The van der Waals surface area contributed by atoms with E-state index >= 15 is 0 Å². The van der Waals surface area contributed by atoms with Crippen molar-refractivity contribution < 1.29 is 0 Å². The number of pyridine rings is 1. The molecule has 0 aliphatic rings. The first kappa shape index (κ1) is 13.0. The summed E-state index contributed by atoms with van der Waals surface area (Å²) in [7, 11) is 0. The second-order valence-corrected chi connectivity index (χ2v) is 5.26. The van der Waals surface area contributed by atoms with Crippen molar-refractivity contribution >= 4 is 11.8 Å². The van der Waals surface area contributed by atoms with Crippen LogP contribution < -0.4 is 5.73 Å². The Balaban J connectivity index is 2.06. The Morgan fingerprint density at radius 3 is 2.72 bits per heavy atom. The molecule has 0 bridgehead atoms. The van der Waals surface area contributed by atoms with Gasteiger partial charge in [-0.05, 0) is 49.7 Å². The zero-order valence-electron chi connectivity index (χ0n) is 10.5. The van der Waals surface area contributed by atoms with Crippen molar-refractivity contribution in [2.24, 2.45) is 5.73 Å². The highest BCUT2D eigenvalue weighted by molar-refractivity contribution is 7.99. The Morgan fingerprint density at radius 1 is 1.28 bits per heavy atom. The fourth-order valence-corrected chi connectivity index (χ4v) is 2.26. The van der Waals surface area contributed by atoms with Crippen LogP contribution in [0.4, 0.5) is 0 Å². The maximum atomic E-state index is 5.75. The molecule has 2 aromatic heterocycles. The monoisotopic (exact) mass is 260 g/mol. The van der Waals surface area contributed by atoms with E-state index in [0.29, 0.717) is 0 Å². The van der Waals surface area contributed by atoms with Gasteiger partial charge in [-0.25, -0.2) is 15.0 Å². The third-order valence-electron chi connectivity index (χ3n) is 2.32. The molecule has 0 aromatic carbocycles. The molecule has 0 radical (unpaired) electrons. The summed E-state index contributed by atoms with van der Waals surface area (Å²) in [6, 6.07) is 6.07. The molecule has 0 aliphatic heterocycles. The summed E-state index contributed by atoms with van der Waals surface area (Å²) < 4.78 is 0. The summed E-state index contributed by atoms with van der Waals surface area (Å²) >= 11 is 1.46. The number of aryl methyl sites for hydroxylation is 1. The lowest BCUT2D eigenvalue weighted by atomic mass is 10.1. The minimum atomic E-state index is 0.158. The number of nitrogens with zero attached hydrogens (tertiary/aromatic N) is 3. The van der Waals surface area contributed by atoms with Crippen molar-refractivity contribution in [2.75, 3.05) is 0 Å². The van der Waals surface area contributed by atoms with Gasteiger partial charge >= 0.3 is 0 Å². The van der Waals surface area contributed by atoms with Crippen LogP contribution in [0.2, 0.25) is 0 Å². The summed E-state index contributed by atoms with van der Waals surface area (Å²) in [5, 5.41) is 1.62. The molecular weight excluding hydrogens is 244 g/mol. The fourth-order valence-electron chi connectivity index (χ4n) is 1.53. The van der Waals surface area contributed by atoms with Gasteiger partial charge < -0.3 is 5.73 Å². The molecular formula is C13H16N4S. The van der Waals surface area contributed by atoms with E-state index in [4.69, 9.17) is 5.73 Å². The molecule has 0 aliphatic carbocycles. The minimum absolute atomic E-state index is 0.158. The Morgan fingerprint density at radius 2 is 2.11 bits per heavy atom. The second-order valence-electron chi connectivity index (χ2n) is 4.27. The normalized spacial score (nSPS) is 12.4. The summed E-state index contributed by atoms with van der Waals surface area (Å²) in [4.78, 5) is 12.9. The van der Waals surface area contributed by atoms with Crippen LogP contribution in [0.25, 0.3) is 0 Å². The Hall–Kier alpha value is -1.46. The number of hydrogen-bond acceptors (Lipinski definition) is 5. The fraction of sp³-hybridized carbons (Fsp3) is 0.308. The number of nitrogens with two attached hydrogens (primary N) is 1. The third-order valence-corrected chi connectivity index (χ3v) is 3.15. The van der Waals surface area contributed by atoms with Crippen LogP contribution >= 0.6 is 11.8 Å². The van der Waals surface area contributed by atoms with E-state index in [1.807, 2.05) is 32.2 Å². The van der Waals surface area contributed by atoms with Gasteiger partial charge in [0.2, 0.25) is 0 Å². The van der Waals surface area contributed by atoms with Gasteiger partial charge in [0.25, 0.3) is 0 Å². The molecule has 2 rings (SSSR count). The highest BCUT2D eigenvalue weighted by Crippen LogP contribution is 2.22. The van der Waals surface area contributed by atoms with Gasteiger partial charge in [-0.3, -0.25) is 0 Å². The maximum absolute atomic E-state index is 5.75. The zero-order chi connectivity index (χ0) is 13.0. The number of rotatable bonds is 4. The van der Waals surface area contributed by atoms with Gasteiger partial charge in [0, 0.05) is 24.1 Å². The molecule has 1 unspecified atom stereocenters. The van der Waals surface area contributed by atoms with E-state index in [0.717, 1.165) is 27.9 Å². The van der Waals surface area contributed by atoms with Gasteiger partial charge in [-0.2, -0.15) is 0 Å². The molecule has 2 aromatic rings. The molecule has 94 valence electrons.